The first-order chi connectivity index (χ1) is 15.9. The molecule has 10 heteroatoms. The highest BCUT2D eigenvalue weighted by molar-refractivity contribution is 7.09. The summed E-state index contributed by atoms with van der Waals surface area (Å²) in [5, 5.41) is 4.72. The number of hydrogen-bond acceptors (Lipinski definition) is 6. The van der Waals surface area contributed by atoms with Gasteiger partial charge in [0.15, 0.2) is 0 Å². The lowest BCUT2D eigenvalue weighted by atomic mass is 9.96. The van der Waals surface area contributed by atoms with Crippen molar-refractivity contribution in [3.8, 4) is 0 Å². The molecule has 4 rings (SSSR count). The van der Waals surface area contributed by atoms with Crippen molar-refractivity contribution in [1.29, 1.82) is 0 Å². The maximum atomic E-state index is 13.7. The van der Waals surface area contributed by atoms with Crippen LogP contribution in [0.3, 0.4) is 0 Å². The summed E-state index contributed by atoms with van der Waals surface area (Å²) in [4.78, 5) is 54.5. The van der Waals surface area contributed by atoms with Crippen LogP contribution in [0.15, 0.2) is 41.8 Å². The van der Waals surface area contributed by atoms with Crippen LogP contribution < -0.4 is 5.32 Å². The first-order valence-corrected chi connectivity index (χ1v) is 11.7. The van der Waals surface area contributed by atoms with Crippen molar-refractivity contribution in [1.82, 2.24) is 20.0 Å². The molecule has 8 nitrogen and oxygen atoms in total. The van der Waals surface area contributed by atoms with Gasteiger partial charge < -0.3 is 5.32 Å². The molecule has 0 aliphatic carbocycles. The summed E-state index contributed by atoms with van der Waals surface area (Å²) in [6, 6.07) is 9.53. The lowest BCUT2D eigenvalue weighted by Gasteiger charge is -2.33. The molecule has 0 saturated carbocycles. The molecule has 0 radical (unpaired) electrons. The zero-order valence-corrected chi connectivity index (χ0v) is 18.9. The second-order valence-electron chi connectivity index (χ2n) is 8.15. The molecule has 2 saturated heterocycles. The highest BCUT2D eigenvalue weighted by atomic mass is 32.1. The summed E-state index contributed by atoms with van der Waals surface area (Å²) in [7, 11) is 0. The number of carbonyl (C=O) groups excluding carboxylic acids is 4. The maximum Gasteiger partial charge on any atom is 0.335 e. The smallest absolute Gasteiger partial charge is 0.335 e. The number of hydrogen-bond donors (Lipinski definition) is 1. The Kier molecular flexibility index (Phi) is 7.14. The van der Waals surface area contributed by atoms with Gasteiger partial charge in [0, 0.05) is 30.4 Å². The predicted octanol–water partition coefficient (Wildman–Crippen LogP) is 2.21. The van der Waals surface area contributed by atoms with E-state index in [1.807, 2.05) is 22.4 Å². The molecule has 5 amide bonds. The molecule has 2 fully saturated rings. The molecule has 0 spiro atoms. The van der Waals surface area contributed by atoms with Crippen molar-refractivity contribution in [3.05, 3.63) is 58.0 Å². The largest absolute Gasteiger partial charge is 0.356 e. The van der Waals surface area contributed by atoms with E-state index in [1.165, 1.54) is 17.4 Å². The summed E-state index contributed by atoms with van der Waals surface area (Å²) in [5.41, 5.74) is 0.565. The third kappa shape index (κ3) is 5.28. The summed E-state index contributed by atoms with van der Waals surface area (Å²) in [5.74, 6) is -2.15. The average molecular weight is 473 g/mol. The molecule has 2 aliphatic heterocycles. The minimum atomic E-state index is -0.815. The van der Waals surface area contributed by atoms with Crippen molar-refractivity contribution in [2.24, 2.45) is 5.92 Å². The summed E-state index contributed by atoms with van der Waals surface area (Å²) in [6.07, 6.45) is 1.58. The molecule has 3 heterocycles. The molecule has 0 atom stereocenters. The Balaban J connectivity index is 1.23. The number of likely N-dealkylation sites (tertiary alicyclic amines) is 1. The summed E-state index contributed by atoms with van der Waals surface area (Å²) in [6.45, 7) is 1.54. The second kappa shape index (κ2) is 10.2. The molecule has 0 bridgehead atoms. The van der Waals surface area contributed by atoms with Gasteiger partial charge in [-0.1, -0.05) is 24.3 Å². The Morgan fingerprint density at radius 2 is 1.76 bits per heavy atom. The van der Waals surface area contributed by atoms with E-state index in [9.17, 15) is 23.6 Å². The van der Waals surface area contributed by atoms with Gasteiger partial charge in [0.2, 0.25) is 5.91 Å². The van der Waals surface area contributed by atoms with E-state index in [0.29, 0.717) is 44.5 Å². The fourth-order valence-corrected chi connectivity index (χ4v) is 4.77. The van der Waals surface area contributed by atoms with Crippen LogP contribution in [0.25, 0.3) is 0 Å². The highest BCUT2D eigenvalue weighted by Gasteiger charge is 2.45. The Bertz CT molecular complexity index is 1040. The third-order valence-corrected chi connectivity index (χ3v) is 6.84. The Morgan fingerprint density at radius 1 is 1.03 bits per heavy atom. The minimum Gasteiger partial charge on any atom is -0.356 e. The maximum absolute atomic E-state index is 13.7. The van der Waals surface area contributed by atoms with E-state index in [2.05, 4.69) is 5.32 Å². The molecule has 2 aliphatic rings. The molecule has 2 aromatic rings. The van der Waals surface area contributed by atoms with Crippen LogP contribution in [0.1, 0.15) is 23.3 Å². The molecule has 0 unspecified atom stereocenters. The van der Waals surface area contributed by atoms with E-state index in [1.54, 1.807) is 18.2 Å². The number of benzene rings is 1. The summed E-state index contributed by atoms with van der Waals surface area (Å²) < 4.78 is 13.7. The van der Waals surface area contributed by atoms with E-state index in [4.69, 9.17) is 0 Å². The zero-order chi connectivity index (χ0) is 23.4. The van der Waals surface area contributed by atoms with Crippen LogP contribution in [0.2, 0.25) is 0 Å². The van der Waals surface area contributed by atoms with Gasteiger partial charge in [0.25, 0.3) is 0 Å². The monoisotopic (exact) mass is 472 g/mol. The quantitative estimate of drug-likeness (QED) is 0.470. The van der Waals surface area contributed by atoms with Crippen LogP contribution in [-0.4, -0.2) is 64.8 Å². The van der Waals surface area contributed by atoms with E-state index in [-0.39, 0.29) is 30.9 Å². The number of urea groups is 1. The van der Waals surface area contributed by atoms with E-state index >= 15 is 0 Å². The number of halogens is 1. The van der Waals surface area contributed by atoms with Crippen LogP contribution in [0.5, 0.6) is 0 Å². The average Bonchev–Trinajstić information content (AvgIpc) is 3.40. The lowest BCUT2D eigenvalue weighted by molar-refractivity contribution is -0.144. The molecule has 1 aromatic heterocycles. The Labute approximate surface area is 195 Å². The standard InChI is InChI=1S/C23H25FN4O4S/c24-19-6-2-1-4-16(19)7-10-25-20(29)17-8-11-26(12-9-17)15-28-22(31)21(30)27(23(28)32)14-18-5-3-13-33-18/h1-6,13,17H,7-12,14-15H2,(H,25,29). The van der Waals surface area contributed by atoms with Gasteiger partial charge in [0.1, 0.15) is 5.82 Å². The van der Waals surface area contributed by atoms with Gasteiger partial charge in [-0.25, -0.2) is 14.1 Å². The van der Waals surface area contributed by atoms with E-state index < -0.39 is 17.8 Å². The van der Waals surface area contributed by atoms with Crippen molar-refractivity contribution in [3.63, 3.8) is 0 Å². The number of nitrogens with zero attached hydrogens (tertiary/aromatic N) is 3. The Morgan fingerprint density at radius 3 is 2.45 bits per heavy atom. The number of carbonyl (C=O) groups is 4. The molecule has 1 aromatic carbocycles. The highest BCUT2D eigenvalue weighted by Crippen LogP contribution is 2.22. The van der Waals surface area contributed by atoms with Crippen molar-refractivity contribution >= 4 is 35.1 Å². The first-order valence-electron chi connectivity index (χ1n) is 10.9. The fraction of sp³-hybridized carbons (Fsp3) is 0.391. The number of thiophene rings is 1. The fourth-order valence-electron chi connectivity index (χ4n) is 4.08. The number of imide groups is 2. The minimum absolute atomic E-state index is 0.0337. The van der Waals surface area contributed by atoms with Gasteiger partial charge in [-0.05, 0) is 42.3 Å². The van der Waals surface area contributed by atoms with Crippen molar-refractivity contribution in [2.75, 3.05) is 26.3 Å². The Hall–Kier alpha value is -3.11. The molecule has 1 N–H and O–H groups in total. The van der Waals surface area contributed by atoms with Crippen LogP contribution in [-0.2, 0) is 27.3 Å². The zero-order valence-electron chi connectivity index (χ0n) is 18.0. The van der Waals surface area contributed by atoms with Crippen molar-refractivity contribution in [2.45, 2.75) is 25.8 Å². The van der Waals surface area contributed by atoms with Crippen LogP contribution in [0, 0.1) is 11.7 Å². The molecule has 33 heavy (non-hydrogen) atoms. The van der Waals surface area contributed by atoms with Gasteiger partial charge in [-0.3, -0.25) is 24.2 Å². The van der Waals surface area contributed by atoms with Gasteiger partial charge >= 0.3 is 17.8 Å². The van der Waals surface area contributed by atoms with Crippen LogP contribution >= 0.6 is 11.3 Å². The molecular weight excluding hydrogens is 447 g/mol. The SMILES string of the molecule is O=C(NCCc1ccccc1F)C1CCN(CN2C(=O)C(=O)N(Cc3cccs3)C2=O)CC1. The summed E-state index contributed by atoms with van der Waals surface area (Å²) >= 11 is 1.42. The van der Waals surface area contributed by atoms with Crippen LogP contribution in [0.4, 0.5) is 9.18 Å². The number of amides is 5. The van der Waals surface area contributed by atoms with Gasteiger partial charge in [-0.15, -0.1) is 11.3 Å². The first kappa shape index (κ1) is 23.1. The molecular formula is C23H25FN4O4S. The topological polar surface area (TPSA) is 90.0 Å². The van der Waals surface area contributed by atoms with Gasteiger partial charge in [0.05, 0.1) is 13.2 Å². The second-order valence-corrected chi connectivity index (χ2v) is 9.18. The number of nitrogens with one attached hydrogen (secondary N) is 1. The third-order valence-electron chi connectivity index (χ3n) is 5.98. The lowest BCUT2D eigenvalue weighted by Crippen LogP contribution is -2.47. The molecule has 174 valence electrons. The predicted molar refractivity (Wildman–Crippen MR) is 119 cm³/mol. The van der Waals surface area contributed by atoms with Crippen molar-refractivity contribution < 1.29 is 23.6 Å². The normalized spacial score (nSPS) is 17.8. The van der Waals surface area contributed by atoms with E-state index in [0.717, 1.165) is 14.7 Å². The number of rotatable bonds is 8. The van der Waals surface area contributed by atoms with Gasteiger partial charge in [-0.2, -0.15) is 0 Å². The number of piperidine rings is 1.